The Bertz CT molecular complexity index is 649. The second kappa shape index (κ2) is 6.62. The summed E-state index contributed by atoms with van der Waals surface area (Å²) in [6.07, 6.45) is 0. The number of aromatic nitrogens is 2. The van der Waals surface area contributed by atoms with E-state index in [1.165, 1.54) is 0 Å². The third kappa shape index (κ3) is 3.47. The lowest BCUT2D eigenvalue weighted by atomic mass is 10.2. The van der Waals surface area contributed by atoms with Gasteiger partial charge in [-0.3, -0.25) is 4.90 Å². The van der Waals surface area contributed by atoms with E-state index >= 15 is 0 Å². The van der Waals surface area contributed by atoms with Gasteiger partial charge in [0, 0.05) is 31.2 Å². The number of methoxy groups -OCH3 is 1. The van der Waals surface area contributed by atoms with Crippen LogP contribution in [0.3, 0.4) is 0 Å². The van der Waals surface area contributed by atoms with Gasteiger partial charge >= 0.3 is 0 Å². The van der Waals surface area contributed by atoms with Crippen molar-refractivity contribution < 1.29 is 4.74 Å². The van der Waals surface area contributed by atoms with Crippen LogP contribution in [0.5, 0.6) is 5.75 Å². The van der Waals surface area contributed by atoms with Crippen LogP contribution in [0.25, 0.3) is 11.0 Å². The normalized spacial score (nSPS) is 12.0. The largest absolute Gasteiger partial charge is 0.497 e. The van der Waals surface area contributed by atoms with Crippen LogP contribution in [0.1, 0.15) is 27.7 Å². The maximum absolute atomic E-state index is 5.46. The van der Waals surface area contributed by atoms with E-state index in [0.29, 0.717) is 12.1 Å². The number of hydrogen-bond donors (Lipinski definition) is 1. The maximum Gasteiger partial charge on any atom is 0.178 e. The third-order valence-electron chi connectivity index (χ3n) is 3.89. The zero-order valence-electron chi connectivity index (χ0n) is 13.5. The van der Waals surface area contributed by atoms with Gasteiger partial charge in [-0.1, -0.05) is 0 Å². The fourth-order valence-corrected chi connectivity index (χ4v) is 3.11. The van der Waals surface area contributed by atoms with Crippen LogP contribution in [-0.4, -0.2) is 40.2 Å². The van der Waals surface area contributed by atoms with E-state index in [1.54, 1.807) is 7.11 Å². The van der Waals surface area contributed by atoms with Crippen LogP contribution < -0.4 is 4.74 Å². The van der Waals surface area contributed by atoms with Gasteiger partial charge in [0.05, 0.1) is 18.1 Å². The molecule has 0 amide bonds. The smallest absolute Gasteiger partial charge is 0.178 e. The molecule has 0 saturated heterocycles. The first-order valence-corrected chi connectivity index (χ1v) is 7.87. The van der Waals surface area contributed by atoms with Gasteiger partial charge in [-0.05, 0) is 52.0 Å². The van der Waals surface area contributed by atoms with E-state index < -0.39 is 0 Å². The van der Waals surface area contributed by atoms with Crippen molar-refractivity contribution in [1.29, 1.82) is 0 Å². The van der Waals surface area contributed by atoms with Crippen molar-refractivity contribution in [1.82, 2.24) is 14.5 Å². The van der Waals surface area contributed by atoms with E-state index in [2.05, 4.69) is 42.1 Å². The number of hydrogen-bond acceptors (Lipinski definition) is 3. The van der Waals surface area contributed by atoms with Gasteiger partial charge in [-0.25, -0.2) is 0 Å². The zero-order chi connectivity index (χ0) is 15.6. The summed E-state index contributed by atoms with van der Waals surface area (Å²) in [5.74, 6) is 0.856. The summed E-state index contributed by atoms with van der Waals surface area (Å²) in [5.41, 5.74) is 2.16. The fourth-order valence-electron chi connectivity index (χ4n) is 2.81. The highest BCUT2D eigenvalue weighted by Gasteiger charge is 2.14. The number of imidazole rings is 1. The van der Waals surface area contributed by atoms with Gasteiger partial charge in [-0.15, -0.1) is 0 Å². The number of fused-ring (bicyclic) bond motifs is 1. The minimum Gasteiger partial charge on any atom is -0.497 e. The molecule has 1 aromatic heterocycles. The van der Waals surface area contributed by atoms with Crippen LogP contribution in [0.2, 0.25) is 0 Å². The molecule has 5 heteroatoms. The molecule has 0 fully saturated rings. The minimum absolute atomic E-state index is 0.527. The van der Waals surface area contributed by atoms with E-state index in [9.17, 15) is 0 Å². The Hall–Kier alpha value is -1.33. The highest BCUT2D eigenvalue weighted by Crippen LogP contribution is 2.21. The van der Waals surface area contributed by atoms with Gasteiger partial charge in [0.2, 0.25) is 0 Å². The molecular formula is C16H25N3OS. The average Bonchev–Trinajstić information content (AvgIpc) is 2.73. The van der Waals surface area contributed by atoms with Crippen LogP contribution in [0.4, 0.5) is 0 Å². The fraction of sp³-hybridized carbons (Fsp3) is 0.562. The SMILES string of the molecule is COc1ccc2[nH]c(=S)n(CCN(C(C)C)C(C)C)c2c1. The average molecular weight is 307 g/mol. The molecule has 0 atom stereocenters. The molecule has 2 rings (SSSR count). The summed E-state index contributed by atoms with van der Waals surface area (Å²) >= 11 is 5.46. The quantitative estimate of drug-likeness (QED) is 0.824. The number of nitrogens with one attached hydrogen (secondary N) is 1. The van der Waals surface area contributed by atoms with Crippen molar-refractivity contribution >= 4 is 23.3 Å². The van der Waals surface area contributed by atoms with Crippen LogP contribution in [0.15, 0.2) is 18.2 Å². The first-order valence-electron chi connectivity index (χ1n) is 7.46. The Labute approximate surface area is 131 Å². The van der Waals surface area contributed by atoms with E-state index in [4.69, 9.17) is 17.0 Å². The molecule has 116 valence electrons. The Morgan fingerprint density at radius 2 is 1.90 bits per heavy atom. The Balaban J connectivity index is 2.29. The number of rotatable bonds is 6. The molecule has 1 heterocycles. The van der Waals surface area contributed by atoms with Crippen molar-refractivity contribution in [3.63, 3.8) is 0 Å². The molecule has 0 aliphatic carbocycles. The molecule has 0 aliphatic heterocycles. The second-order valence-electron chi connectivity index (χ2n) is 5.89. The van der Waals surface area contributed by atoms with Gasteiger partial charge in [0.15, 0.2) is 4.77 Å². The topological polar surface area (TPSA) is 33.2 Å². The second-order valence-corrected chi connectivity index (χ2v) is 6.28. The molecule has 2 aromatic rings. The van der Waals surface area contributed by atoms with Gasteiger partial charge in [0.1, 0.15) is 5.75 Å². The summed E-state index contributed by atoms with van der Waals surface area (Å²) in [4.78, 5) is 5.74. The molecule has 0 bridgehead atoms. The van der Waals surface area contributed by atoms with Crippen molar-refractivity contribution in [3.05, 3.63) is 23.0 Å². The predicted octanol–water partition coefficient (Wildman–Crippen LogP) is 3.83. The predicted molar refractivity (Wildman–Crippen MR) is 90.7 cm³/mol. The number of nitrogens with zero attached hydrogens (tertiary/aromatic N) is 2. The molecule has 0 unspecified atom stereocenters. The summed E-state index contributed by atoms with van der Waals surface area (Å²) in [6.45, 7) is 10.8. The summed E-state index contributed by atoms with van der Waals surface area (Å²) in [5, 5.41) is 0. The number of benzene rings is 1. The molecule has 21 heavy (non-hydrogen) atoms. The van der Waals surface area contributed by atoms with Gasteiger partial charge < -0.3 is 14.3 Å². The standard InChI is InChI=1S/C16H25N3OS/c1-11(2)18(12(3)4)8-9-19-15-10-13(20-5)6-7-14(15)17-16(19)21/h6-7,10-12H,8-9H2,1-5H3,(H,17,21). The molecule has 0 spiro atoms. The first kappa shape index (κ1) is 16.0. The number of H-pyrrole nitrogens is 1. The molecule has 1 aromatic carbocycles. The highest BCUT2D eigenvalue weighted by molar-refractivity contribution is 7.71. The Morgan fingerprint density at radius 3 is 2.48 bits per heavy atom. The van der Waals surface area contributed by atoms with Gasteiger partial charge in [0.25, 0.3) is 0 Å². The Morgan fingerprint density at radius 1 is 1.24 bits per heavy atom. The number of aromatic amines is 1. The van der Waals surface area contributed by atoms with Gasteiger partial charge in [-0.2, -0.15) is 0 Å². The zero-order valence-corrected chi connectivity index (χ0v) is 14.3. The lowest BCUT2D eigenvalue weighted by Gasteiger charge is -2.30. The van der Waals surface area contributed by atoms with E-state index in [0.717, 1.165) is 34.6 Å². The van der Waals surface area contributed by atoms with Crippen LogP contribution in [0, 0.1) is 4.77 Å². The molecule has 1 N–H and O–H groups in total. The molecule has 4 nitrogen and oxygen atoms in total. The molecular weight excluding hydrogens is 282 g/mol. The van der Waals surface area contributed by atoms with E-state index in [1.807, 2.05) is 18.2 Å². The monoisotopic (exact) mass is 307 g/mol. The Kier molecular flexibility index (Phi) is 5.06. The minimum atomic E-state index is 0.527. The molecule has 0 radical (unpaired) electrons. The van der Waals surface area contributed by atoms with E-state index in [-0.39, 0.29) is 0 Å². The first-order chi connectivity index (χ1) is 9.93. The van der Waals surface area contributed by atoms with Crippen molar-refractivity contribution in [2.45, 2.75) is 46.3 Å². The van der Waals surface area contributed by atoms with Crippen LogP contribution in [-0.2, 0) is 6.54 Å². The molecule has 0 aliphatic rings. The summed E-state index contributed by atoms with van der Waals surface area (Å²) in [6, 6.07) is 7.06. The maximum atomic E-state index is 5.46. The highest BCUT2D eigenvalue weighted by atomic mass is 32.1. The van der Waals surface area contributed by atoms with Crippen molar-refractivity contribution in [3.8, 4) is 5.75 Å². The number of ether oxygens (including phenoxy) is 1. The van der Waals surface area contributed by atoms with Crippen molar-refractivity contribution in [2.24, 2.45) is 0 Å². The van der Waals surface area contributed by atoms with Crippen molar-refractivity contribution in [2.75, 3.05) is 13.7 Å². The third-order valence-corrected chi connectivity index (χ3v) is 4.21. The van der Waals surface area contributed by atoms with Crippen LogP contribution >= 0.6 is 12.2 Å². The lowest BCUT2D eigenvalue weighted by molar-refractivity contribution is 0.168. The summed E-state index contributed by atoms with van der Waals surface area (Å²) < 4.78 is 8.24. The summed E-state index contributed by atoms with van der Waals surface area (Å²) in [7, 11) is 1.69. The molecule has 0 saturated carbocycles. The lowest BCUT2D eigenvalue weighted by Crippen LogP contribution is -2.39.